The molecule has 13 heteroatoms. The number of carbonyl (C=O) groups is 3. The molecule has 5 rings (SSSR count). The fraction of sp³-hybridized carbons (Fsp3) is 0.400. The van der Waals surface area contributed by atoms with E-state index in [0.717, 1.165) is 5.56 Å². The molecule has 1 aliphatic rings. The maximum Gasteiger partial charge on any atom is 0.420 e. The summed E-state index contributed by atoms with van der Waals surface area (Å²) in [5.74, 6) is -0.268. The van der Waals surface area contributed by atoms with Crippen LogP contribution in [0.15, 0.2) is 66.9 Å². The molecule has 254 valence electrons. The van der Waals surface area contributed by atoms with Gasteiger partial charge in [0.1, 0.15) is 24.1 Å². The van der Waals surface area contributed by atoms with Crippen molar-refractivity contribution < 1.29 is 38.4 Å². The van der Waals surface area contributed by atoms with Gasteiger partial charge in [-0.3, -0.25) is 4.79 Å². The Labute approximate surface area is 279 Å². The molecule has 1 N–H and O–H groups in total. The summed E-state index contributed by atoms with van der Waals surface area (Å²) in [6.07, 6.45) is -0.132. The van der Waals surface area contributed by atoms with E-state index in [1.54, 1.807) is 64.2 Å². The molecule has 4 aromatic rings. The number of aromatic nitrogens is 3. The van der Waals surface area contributed by atoms with Crippen LogP contribution in [-0.2, 0) is 20.9 Å². The van der Waals surface area contributed by atoms with Crippen LogP contribution in [0.1, 0.15) is 51.7 Å². The number of nitrogens with zero attached hydrogens (tertiary/aromatic N) is 5. The second-order valence-electron chi connectivity index (χ2n) is 12.5. The standard InChI is InChI=1S/C35H41N5O8/c1-6-45-27-14-12-26(13-15-27)39(34(44)48-35(3,4)5)32-23(2)31(37-29-16-18-36-40(29)32)47-28-21-38(19-17-25(28)20-30(41)42)33(43)46-22-24-10-8-7-9-11-24/h7-16,18,25,28H,6,17,19-22H2,1-5H3,(H,41,42)/t25-,28+/m1/s1. The third-order valence-corrected chi connectivity index (χ3v) is 7.75. The number of carboxylic acids is 1. The van der Waals surface area contributed by atoms with Gasteiger partial charge in [0.2, 0.25) is 5.88 Å². The Balaban J connectivity index is 1.50. The van der Waals surface area contributed by atoms with Crippen LogP contribution in [0.4, 0.5) is 21.1 Å². The van der Waals surface area contributed by atoms with Gasteiger partial charge in [-0.1, -0.05) is 30.3 Å². The van der Waals surface area contributed by atoms with Gasteiger partial charge < -0.3 is 29.0 Å². The highest BCUT2D eigenvalue weighted by molar-refractivity contribution is 5.96. The lowest BCUT2D eigenvalue weighted by atomic mass is 9.91. The van der Waals surface area contributed by atoms with Gasteiger partial charge in [-0.15, -0.1) is 0 Å². The van der Waals surface area contributed by atoms with Crippen LogP contribution in [0.5, 0.6) is 11.6 Å². The van der Waals surface area contributed by atoms with Gasteiger partial charge in [-0.05, 0) is 70.9 Å². The molecule has 0 radical (unpaired) electrons. The van der Waals surface area contributed by atoms with Crippen LogP contribution in [0.3, 0.4) is 0 Å². The summed E-state index contributed by atoms with van der Waals surface area (Å²) in [7, 11) is 0. The fourth-order valence-corrected chi connectivity index (χ4v) is 5.52. The highest BCUT2D eigenvalue weighted by atomic mass is 16.6. The van der Waals surface area contributed by atoms with E-state index in [9.17, 15) is 19.5 Å². The molecule has 2 aromatic carbocycles. The van der Waals surface area contributed by atoms with E-state index < -0.39 is 35.8 Å². The average Bonchev–Trinajstić information content (AvgIpc) is 3.51. The molecule has 48 heavy (non-hydrogen) atoms. The Kier molecular flexibility index (Phi) is 10.4. The molecular weight excluding hydrogens is 618 g/mol. The first kappa shape index (κ1) is 34.0. The number of rotatable bonds is 10. The molecule has 0 spiro atoms. The Bertz CT molecular complexity index is 1740. The van der Waals surface area contributed by atoms with Crippen molar-refractivity contribution in [2.45, 2.75) is 65.8 Å². The topological polar surface area (TPSA) is 145 Å². The van der Waals surface area contributed by atoms with Crippen LogP contribution >= 0.6 is 0 Å². The highest BCUT2D eigenvalue weighted by Gasteiger charge is 2.37. The lowest BCUT2D eigenvalue weighted by molar-refractivity contribution is -0.139. The minimum atomic E-state index is -0.975. The largest absolute Gasteiger partial charge is 0.494 e. The zero-order chi connectivity index (χ0) is 34.4. The molecule has 0 saturated carbocycles. The van der Waals surface area contributed by atoms with Crippen molar-refractivity contribution in [3.8, 4) is 11.6 Å². The number of amides is 2. The molecule has 0 unspecified atom stereocenters. The van der Waals surface area contributed by atoms with E-state index in [4.69, 9.17) is 23.9 Å². The van der Waals surface area contributed by atoms with E-state index in [-0.39, 0.29) is 25.5 Å². The molecule has 1 saturated heterocycles. The van der Waals surface area contributed by atoms with Crippen LogP contribution in [0.25, 0.3) is 5.65 Å². The van der Waals surface area contributed by atoms with Gasteiger partial charge in [0.15, 0.2) is 11.5 Å². The molecule has 2 aromatic heterocycles. The van der Waals surface area contributed by atoms with Crippen molar-refractivity contribution in [2.24, 2.45) is 5.92 Å². The summed E-state index contributed by atoms with van der Waals surface area (Å²) in [6, 6.07) is 18.0. The van der Waals surface area contributed by atoms with Crippen molar-refractivity contribution in [3.63, 3.8) is 0 Å². The van der Waals surface area contributed by atoms with E-state index in [1.165, 1.54) is 14.3 Å². The maximum absolute atomic E-state index is 13.9. The lowest BCUT2D eigenvalue weighted by Gasteiger charge is -2.37. The molecule has 0 bridgehead atoms. The first-order chi connectivity index (χ1) is 22.9. The number of fused-ring (bicyclic) bond motifs is 1. The number of anilines is 2. The summed E-state index contributed by atoms with van der Waals surface area (Å²) >= 11 is 0. The first-order valence-corrected chi connectivity index (χ1v) is 15.9. The van der Waals surface area contributed by atoms with Crippen LogP contribution in [0, 0.1) is 12.8 Å². The molecule has 3 heterocycles. The predicted octanol–water partition coefficient (Wildman–Crippen LogP) is 6.39. The SMILES string of the molecule is CCOc1ccc(N(C(=O)OC(C)(C)C)c2c(C)c(O[C@H]3CN(C(=O)OCc4ccccc4)CC[C@@H]3CC(=O)O)nc3ccnn23)cc1. The van der Waals surface area contributed by atoms with E-state index in [2.05, 4.69) is 5.10 Å². The molecule has 13 nitrogen and oxygen atoms in total. The zero-order valence-electron chi connectivity index (χ0n) is 27.8. The Hall–Kier alpha value is -5.33. The van der Waals surface area contributed by atoms with E-state index in [0.29, 0.717) is 48.0 Å². The smallest absolute Gasteiger partial charge is 0.420 e. The Morgan fingerprint density at radius 3 is 2.44 bits per heavy atom. The lowest BCUT2D eigenvalue weighted by Crippen LogP contribution is -2.49. The minimum Gasteiger partial charge on any atom is -0.494 e. The summed E-state index contributed by atoms with van der Waals surface area (Å²) in [6.45, 7) is 9.95. The van der Waals surface area contributed by atoms with Gasteiger partial charge in [0.05, 0.1) is 37.0 Å². The molecule has 2 amide bonds. The number of carbonyl (C=O) groups excluding carboxylic acids is 2. The number of hydrogen-bond acceptors (Lipinski definition) is 9. The monoisotopic (exact) mass is 659 g/mol. The second-order valence-corrected chi connectivity index (χ2v) is 12.5. The predicted molar refractivity (Wildman–Crippen MR) is 177 cm³/mol. The first-order valence-electron chi connectivity index (χ1n) is 15.9. The highest BCUT2D eigenvalue weighted by Crippen LogP contribution is 2.37. The number of piperidine rings is 1. The number of ether oxygens (including phenoxy) is 4. The van der Waals surface area contributed by atoms with Gasteiger partial charge in [-0.2, -0.15) is 14.6 Å². The zero-order valence-corrected chi connectivity index (χ0v) is 27.8. The second kappa shape index (κ2) is 14.6. The van der Waals surface area contributed by atoms with Gasteiger partial charge >= 0.3 is 18.2 Å². The number of benzene rings is 2. The van der Waals surface area contributed by atoms with Gasteiger partial charge in [-0.25, -0.2) is 14.5 Å². The van der Waals surface area contributed by atoms with Crippen LogP contribution in [-0.4, -0.2) is 74.2 Å². The summed E-state index contributed by atoms with van der Waals surface area (Å²) < 4.78 is 25.1. The Morgan fingerprint density at radius 1 is 1.04 bits per heavy atom. The van der Waals surface area contributed by atoms with E-state index in [1.807, 2.05) is 37.3 Å². The fourth-order valence-electron chi connectivity index (χ4n) is 5.52. The Morgan fingerprint density at radius 2 is 1.77 bits per heavy atom. The normalized spacial score (nSPS) is 16.3. The average molecular weight is 660 g/mol. The van der Waals surface area contributed by atoms with Crippen molar-refractivity contribution in [2.75, 3.05) is 24.6 Å². The van der Waals surface area contributed by atoms with Crippen molar-refractivity contribution in [1.29, 1.82) is 0 Å². The van der Waals surface area contributed by atoms with Crippen molar-refractivity contribution in [1.82, 2.24) is 19.5 Å². The molecule has 0 aliphatic carbocycles. The molecular formula is C35H41N5O8. The van der Waals surface area contributed by atoms with Crippen LogP contribution in [0.2, 0.25) is 0 Å². The third-order valence-electron chi connectivity index (χ3n) is 7.75. The number of hydrogen-bond donors (Lipinski definition) is 1. The summed E-state index contributed by atoms with van der Waals surface area (Å²) in [5, 5.41) is 14.2. The third kappa shape index (κ3) is 8.14. The number of carboxylic acid groups (broad SMARTS) is 1. The molecule has 1 fully saturated rings. The van der Waals surface area contributed by atoms with Crippen LogP contribution < -0.4 is 14.4 Å². The molecule has 1 aliphatic heterocycles. The quantitative estimate of drug-likeness (QED) is 0.203. The van der Waals surface area contributed by atoms with E-state index >= 15 is 0 Å². The van der Waals surface area contributed by atoms with Crippen molar-refractivity contribution in [3.05, 3.63) is 78.0 Å². The minimum absolute atomic E-state index is 0.0845. The van der Waals surface area contributed by atoms with Crippen molar-refractivity contribution >= 4 is 35.3 Å². The molecule has 2 atom stereocenters. The van der Waals surface area contributed by atoms with Gasteiger partial charge in [0, 0.05) is 18.5 Å². The van der Waals surface area contributed by atoms with Gasteiger partial charge in [0.25, 0.3) is 0 Å². The maximum atomic E-state index is 13.9. The summed E-state index contributed by atoms with van der Waals surface area (Å²) in [5.41, 5.74) is 1.36. The number of aliphatic carboxylic acids is 1. The summed E-state index contributed by atoms with van der Waals surface area (Å²) in [4.78, 5) is 46.4. The number of likely N-dealkylation sites (tertiary alicyclic amines) is 1.